The molecule has 0 unspecified atom stereocenters. The third-order valence-electron chi connectivity index (χ3n) is 5.16. The quantitative estimate of drug-likeness (QED) is 0.745. The summed E-state index contributed by atoms with van der Waals surface area (Å²) in [5.41, 5.74) is 4.01. The Balaban J connectivity index is 1.81. The molecule has 1 saturated heterocycles. The van der Waals surface area contributed by atoms with Crippen LogP contribution in [-0.2, 0) is 0 Å². The zero-order valence-electron chi connectivity index (χ0n) is 13.9. The van der Waals surface area contributed by atoms with Gasteiger partial charge in [0.15, 0.2) is 0 Å². The number of fused-ring (bicyclic) bond motifs is 3. The number of carbonyl (C=O) groups is 1. The van der Waals surface area contributed by atoms with Crippen molar-refractivity contribution in [2.45, 2.75) is 25.3 Å². The largest absolute Gasteiger partial charge is 0.306 e. The number of hydrogen-bond donors (Lipinski definition) is 0. The van der Waals surface area contributed by atoms with Crippen LogP contribution in [0.3, 0.4) is 0 Å². The van der Waals surface area contributed by atoms with E-state index in [1.165, 1.54) is 11.1 Å². The van der Waals surface area contributed by atoms with Crippen molar-refractivity contribution in [2.75, 3.05) is 25.0 Å². The van der Waals surface area contributed by atoms with Crippen molar-refractivity contribution in [3.8, 4) is 0 Å². The number of hydrogen-bond acceptors (Lipinski definition) is 3. The van der Waals surface area contributed by atoms with Crippen LogP contribution in [0.4, 0.5) is 5.69 Å². The number of amides is 1. The van der Waals surface area contributed by atoms with Crippen molar-refractivity contribution in [1.82, 2.24) is 9.88 Å². The molecule has 1 aromatic heterocycles. The molecule has 0 radical (unpaired) electrons. The highest BCUT2D eigenvalue weighted by Gasteiger charge is 2.44. The summed E-state index contributed by atoms with van der Waals surface area (Å²) in [5, 5.41) is 0.271. The minimum Gasteiger partial charge on any atom is -0.306 e. The topological polar surface area (TPSA) is 36.4 Å². The molecule has 5 heteroatoms. The number of pyridine rings is 1. The minimum absolute atomic E-state index is 0.0461. The molecule has 4 nitrogen and oxygen atoms in total. The Morgan fingerprint density at radius 2 is 2.17 bits per heavy atom. The summed E-state index contributed by atoms with van der Waals surface area (Å²) in [6, 6.07) is 10.1. The molecule has 0 N–H and O–H groups in total. The van der Waals surface area contributed by atoms with Crippen LogP contribution in [0, 0.1) is 6.92 Å². The van der Waals surface area contributed by atoms with Crippen LogP contribution in [0.25, 0.3) is 0 Å². The Bertz CT molecular complexity index is 807. The highest BCUT2D eigenvalue weighted by atomic mass is 35.5. The van der Waals surface area contributed by atoms with Crippen LogP contribution >= 0.6 is 11.6 Å². The molecule has 2 aromatic rings. The van der Waals surface area contributed by atoms with E-state index in [2.05, 4.69) is 42.1 Å². The molecule has 2 aliphatic heterocycles. The molecule has 0 aliphatic carbocycles. The molecule has 3 heterocycles. The molecular weight excluding hydrogens is 322 g/mol. The second-order valence-electron chi connectivity index (χ2n) is 6.80. The molecule has 0 saturated carbocycles. The van der Waals surface area contributed by atoms with Gasteiger partial charge in [-0.2, -0.15) is 0 Å². The van der Waals surface area contributed by atoms with Crippen molar-refractivity contribution in [2.24, 2.45) is 0 Å². The van der Waals surface area contributed by atoms with E-state index in [1.807, 2.05) is 4.90 Å². The van der Waals surface area contributed by atoms with Gasteiger partial charge in [-0.25, -0.2) is 4.98 Å². The van der Waals surface area contributed by atoms with E-state index in [9.17, 15) is 4.79 Å². The standard InChI is InChI=1S/C19H20ClN3O/c1-12-5-6-16-14(10-12)15-11-22(2)9-7-17(15)23(16)19(24)13-4-3-8-21-18(13)20/h3-6,8,10,15,17H,7,9,11H2,1-2H3/t15-,17+/m1/s1. The first-order chi connectivity index (χ1) is 11.6. The Morgan fingerprint density at radius 3 is 2.96 bits per heavy atom. The number of rotatable bonds is 1. The smallest absolute Gasteiger partial charge is 0.261 e. The van der Waals surface area contributed by atoms with Gasteiger partial charge in [-0.3, -0.25) is 4.79 Å². The number of aryl methyl sites for hydroxylation is 1. The monoisotopic (exact) mass is 341 g/mol. The zero-order chi connectivity index (χ0) is 16.8. The first-order valence-corrected chi connectivity index (χ1v) is 8.67. The molecule has 0 bridgehead atoms. The van der Waals surface area contributed by atoms with E-state index in [0.717, 1.165) is 25.2 Å². The van der Waals surface area contributed by atoms with Crippen molar-refractivity contribution >= 4 is 23.2 Å². The summed E-state index contributed by atoms with van der Waals surface area (Å²) >= 11 is 6.18. The fraction of sp³-hybridized carbons (Fsp3) is 0.368. The number of likely N-dealkylation sites (N-methyl/N-ethyl adjacent to an activating group) is 1. The lowest BCUT2D eigenvalue weighted by molar-refractivity contribution is 0.0964. The molecule has 4 rings (SSSR count). The molecule has 24 heavy (non-hydrogen) atoms. The van der Waals surface area contributed by atoms with Crippen LogP contribution in [0.15, 0.2) is 36.5 Å². The van der Waals surface area contributed by atoms with Crippen LogP contribution in [0.2, 0.25) is 5.15 Å². The number of halogens is 1. The highest BCUT2D eigenvalue weighted by Crippen LogP contribution is 2.45. The second-order valence-corrected chi connectivity index (χ2v) is 7.16. The number of carbonyl (C=O) groups excluding carboxylic acids is 1. The number of anilines is 1. The second kappa shape index (κ2) is 5.87. The van der Waals surface area contributed by atoms with E-state index in [1.54, 1.807) is 18.3 Å². The zero-order valence-corrected chi connectivity index (χ0v) is 14.6. The van der Waals surface area contributed by atoms with Crippen molar-refractivity contribution in [1.29, 1.82) is 0 Å². The van der Waals surface area contributed by atoms with Gasteiger partial charge in [-0.05, 0) is 50.7 Å². The number of benzene rings is 1. The highest BCUT2D eigenvalue weighted by molar-refractivity contribution is 6.33. The Hall–Kier alpha value is -1.91. The van der Waals surface area contributed by atoms with Crippen LogP contribution in [0.5, 0.6) is 0 Å². The van der Waals surface area contributed by atoms with Gasteiger partial charge in [0.1, 0.15) is 5.15 Å². The molecule has 1 aromatic carbocycles. The number of nitrogens with zero attached hydrogens (tertiary/aromatic N) is 3. The maximum atomic E-state index is 13.2. The van der Waals surface area contributed by atoms with Gasteiger partial charge in [0.25, 0.3) is 5.91 Å². The first kappa shape index (κ1) is 15.6. The lowest BCUT2D eigenvalue weighted by Gasteiger charge is -2.36. The van der Waals surface area contributed by atoms with Crippen molar-refractivity contribution in [3.05, 3.63) is 58.4 Å². The normalized spacial score (nSPS) is 23.0. The summed E-state index contributed by atoms with van der Waals surface area (Å²) in [6.45, 7) is 4.08. The van der Waals surface area contributed by atoms with E-state index in [0.29, 0.717) is 11.5 Å². The minimum atomic E-state index is -0.0461. The van der Waals surface area contributed by atoms with Gasteiger partial charge in [-0.1, -0.05) is 29.3 Å². The van der Waals surface area contributed by atoms with Crippen LogP contribution < -0.4 is 4.90 Å². The van der Waals surface area contributed by atoms with E-state index in [4.69, 9.17) is 11.6 Å². The number of aromatic nitrogens is 1. The van der Waals surface area contributed by atoms with E-state index >= 15 is 0 Å². The molecule has 2 atom stereocenters. The molecule has 1 fully saturated rings. The summed E-state index contributed by atoms with van der Waals surface area (Å²) in [5.74, 6) is 0.313. The number of likely N-dealkylation sites (tertiary alicyclic amines) is 1. The average Bonchev–Trinajstić information content (AvgIpc) is 2.88. The molecule has 0 spiro atoms. The van der Waals surface area contributed by atoms with Gasteiger partial charge in [0.05, 0.1) is 5.56 Å². The summed E-state index contributed by atoms with van der Waals surface area (Å²) in [7, 11) is 2.15. The van der Waals surface area contributed by atoms with Gasteiger partial charge < -0.3 is 9.80 Å². The van der Waals surface area contributed by atoms with Crippen molar-refractivity contribution < 1.29 is 4.79 Å². The van der Waals surface area contributed by atoms with Gasteiger partial charge >= 0.3 is 0 Å². The molecule has 1 amide bonds. The Morgan fingerprint density at radius 1 is 1.33 bits per heavy atom. The maximum Gasteiger partial charge on any atom is 0.261 e. The van der Waals surface area contributed by atoms with Gasteiger partial charge in [0.2, 0.25) is 0 Å². The maximum absolute atomic E-state index is 13.2. The van der Waals surface area contributed by atoms with Crippen LogP contribution in [-0.4, -0.2) is 42.0 Å². The van der Waals surface area contributed by atoms with Gasteiger partial charge in [0, 0.05) is 30.4 Å². The number of piperidine rings is 1. The first-order valence-electron chi connectivity index (χ1n) is 8.29. The third kappa shape index (κ3) is 2.41. The fourth-order valence-electron chi connectivity index (χ4n) is 4.02. The summed E-state index contributed by atoms with van der Waals surface area (Å²) < 4.78 is 0. The molecule has 124 valence electrons. The van der Waals surface area contributed by atoms with Gasteiger partial charge in [-0.15, -0.1) is 0 Å². The Kier molecular flexibility index (Phi) is 3.82. The van der Waals surface area contributed by atoms with Crippen LogP contribution in [0.1, 0.15) is 33.8 Å². The third-order valence-corrected chi connectivity index (χ3v) is 5.46. The summed E-state index contributed by atoms with van der Waals surface area (Å²) in [6.07, 6.45) is 2.58. The van der Waals surface area contributed by atoms with E-state index in [-0.39, 0.29) is 17.1 Å². The van der Waals surface area contributed by atoms with Crippen molar-refractivity contribution in [3.63, 3.8) is 0 Å². The predicted molar refractivity (Wildman–Crippen MR) is 95.9 cm³/mol. The summed E-state index contributed by atoms with van der Waals surface area (Å²) in [4.78, 5) is 21.6. The SMILES string of the molecule is Cc1ccc2c(c1)[C@H]1CN(C)CC[C@@H]1N2C(=O)c1cccnc1Cl. The molecule has 2 aliphatic rings. The molecular formula is C19H20ClN3O. The Labute approximate surface area is 147 Å². The fourth-order valence-corrected chi connectivity index (χ4v) is 4.22. The average molecular weight is 342 g/mol. The van der Waals surface area contributed by atoms with E-state index < -0.39 is 0 Å². The lowest BCUT2D eigenvalue weighted by atomic mass is 9.89. The predicted octanol–water partition coefficient (Wildman–Crippen LogP) is 3.49. The lowest BCUT2D eigenvalue weighted by Crippen LogP contribution is -2.47.